The quantitative estimate of drug-likeness (QED) is 0.792. The lowest BCUT2D eigenvalue weighted by atomic mass is 9.78. The first-order chi connectivity index (χ1) is 9.63. The summed E-state index contributed by atoms with van der Waals surface area (Å²) in [6, 6.07) is 1.96. The van der Waals surface area contributed by atoms with Crippen LogP contribution in [0.25, 0.3) is 0 Å². The molecule has 4 heteroatoms. The molecule has 1 fully saturated rings. The van der Waals surface area contributed by atoms with Gasteiger partial charge >= 0.3 is 0 Å². The SMILES string of the molecule is CCNc1nccc(NCC2(CC(C)C)CCCC2)n1. The van der Waals surface area contributed by atoms with E-state index in [4.69, 9.17) is 0 Å². The van der Waals surface area contributed by atoms with Crippen molar-refractivity contribution in [2.75, 3.05) is 23.7 Å². The Bertz CT molecular complexity index is 411. The van der Waals surface area contributed by atoms with Crippen molar-refractivity contribution >= 4 is 11.8 Å². The molecule has 0 amide bonds. The molecule has 20 heavy (non-hydrogen) atoms. The average molecular weight is 276 g/mol. The van der Waals surface area contributed by atoms with Crippen molar-refractivity contribution in [3.8, 4) is 0 Å². The average Bonchev–Trinajstić information content (AvgIpc) is 2.85. The molecule has 1 aromatic rings. The van der Waals surface area contributed by atoms with Crippen LogP contribution in [0, 0.1) is 11.3 Å². The number of anilines is 2. The first kappa shape index (κ1) is 15.1. The van der Waals surface area contributed by atoms with Gasteiger partial charge in [0.05, 0.1) is 0 Å². The van der Waals surface area contributed by atoms with E-state index in [1.807, 2.05) is 12.3 Å². The number of nitrogens with zero attached hydrogens (tertiary/aromatic N) is 2. The minimum Gasteiger partial charge on any atom is -0.369 e. The van der Waals surface area contributed by atoms with Gasteiger partial charge in [0.15, 0.2) is 0 Å². The highest BCUT2D eigenvalue weighted by Gasteiger charge is 2.34. The summed E-state index contributed by atoms with van der Waals surface area (Å²) in [6.45, 7) is 8.59. The smallest absolute Gasteiger partial charge is 0.224 e. The lowest BCUT2D eigenvalue weighted by molar-refractivity contribution is 0.252. The van der Waals surface area contributed by atoms with Gasteiger partial charge in [-0.3, -0.25) is 0 Å². The van der Waals surface area contributed by atoms with Gasteiger partial charge in [-0.2, -0.15) is 4.98 Å². The topological polar surface area (TPSA) is 49.8 Å². The minimum atomic E-state index is 0.470. The second-order valence-electron chi connectivity index (χ2n) is 6.45. The van der Waals surface area contributed by atoms with Crippen molar-refractivity contribution in [3.63, 3.8) is 0 Å². The van der Waals surface area contributed by atoms with Crippen LogP contribution in [0.5, 0.6) is 0 Å². The lowest BCUT2D eigenvalue weighted by Gasteiger charge is -2.31. The van der Waals surface area contributed by atoms with Crippen LogP contribution in [0.3, 0.4) is 0 Å². The summed E-state index contributed by atoms with van der Waals surface area (Å²) in [5.41, 5.74) is 0.470. The van der Waals surface area contributed by atoms with Crippen LogP contribution in [0.4, 0.5) is 11.8 Å². The standard InChI is InChI=1S/C16H28N4/c1-4-17-15-18-10-7-14(20-15)19-12-16(11-13(2)3)8-5-6-9-16/h7,10,13H,4-6,8-9,11-12H2,1-3H3,(H2,17,18,19,20). The molecule has 112 valence electrons. The van der Waals surface area contributed by atoms with Gasteiger partial charge in [0.2, 0.25) is 5.95 Å². The van der Waals surface area contributed by atoms with Gasteiger partial charge in [-0.25, -0.2) is 4.98 Å². The van der Waals surface area contributed by atoms with Crippen molar-refractivity contribution in [1.82, 2.24) is 9.97 Å². The van der Waals surface area contributed by atoms with E-state index >= 15 is 0 Å². The van der Waals surface area contributed by atoms with Crippen molar-refractivity contribution in [3.05, 3.63) is 12.3 Å². The summed E-state index contributed by atoms with van der Waals surface area (Å²) in [6.07, 6.45) is 8.58. The number of hydrogen-bond donors (Lipinski definition) is 2. The molecule has 1 aliphatic rings. The van der Waals surface area contributed by atoms with Crippen molar-refractivity contribution in [2.45, 2.75) is 52.9 Å². The van der Waals surface area contributed by atoms with Crippen LogP contribution in [0.2, 0.25) is 0 Å². The minimum absolute atomic E-state index is 0.470. The normalized spacial score (nSPS) is 17.4. The largest absolute Gasteiger partial charge is 0.369 e. The van der Waals surface area contributed by atoms with Crippen LogP contribution in [0.1, 0.15) is 52.9 Å². The maximum Gasteiger partial charge on any atom is 0.224 e. The number of nitrogens with one attached hydrogen (secondary N) is 2. The third kappa shape index (κ3) is 4.09. The zero-order valence-electron chi connectivity index (χ0n) is 13.1. The van der Waals surface area contributed by atoms with Crippen LogP contribution < -0.4 is 10.6 Å². The second-order valence-corrected chi connectivity index (χ2v) is 6.45. The molecule has 1 heterocycles. The fourth-order valence-corrected chi connectivity index (χ4v) is 3.42. The highest BCUT2D eigenvalue weighted by molar-refractivity contribution is 5.39. The Morgan fingerprint density at radius 1 is 1.25 bits per heavy atom. The lowest BCUT2D eigenvalue weighted by Crippen LogP contribution is -2.28. The Morgan fingerprint density at radius 2 is 2.00 bits per heavy atom. The second kappa shape index (κ2) is 6.91. The molecule has 0 aliphatic heterocycles. The van der Waals surface area contributed by atoms with Crippen LogP contribution in [0.15, 0.2) is 12.3 Å². The van der Waals surface area contributed by atoms with Crippen LogP contribution >= 0.6 is 0 Å². The van der Waals surface area contributed by atoms with Gasteiger partial charge < -0.3 is 10.6 Å². The zero-order chi connectivity index (χ0) is 14.4. The molecule has 0 unspecified atom stereocenters. The molecule has 0 saturated heterocycles. The van der Waals surface area contributed by atoms with E-state index in [1.54, 1.807) is 0 Å². The molecule has 0 aromatic carbocycles. The Balaban J connectivity index is 1.97. The Morgan fingerprint density at radius 3 is 2.65 bits per heavy atom. The predicted octanol–water partition coefficient (Wildman–Crippen LogP) is 3.93. The van der Waals surface area contributed by atoms with Gasteiger partial charge in [0.25, 0.3) is 0 Å². The summed E-state index contributed by atoms with van der Waals surface area (Å²) >= 11 is 0. The fraction of sp³-hybridized carbons (Fsp3) is 0.750. The number of rotatable bonds is 7. The molecule has 2 rings (SSSR count). The molecule has 0 radical (unpaired) electrons. The molecule has 4 nitrogen and oxygen atoms in total. The van der Waals surface area contributed by atoms with Gasteiger partial charge in [-0.1, -0.05) is 26.7 Å². The molecule has 0 atom stereocenters. The molecule has 0 bridgehead atoms. The van der Waals surface area contributed by atoms with Gasteiger partial charge in [0, 0.05) is 19.3 Å². The van der Waals surface area contributed by atoms with E-state index in [0.717, 1.165) is 24.8 Å². The van der Waals surface area contributed by atoms with E-state index in [1.165, 1.54) is 32.1 Å². The first-order valence-electron chi connectivity index (χ1n) is 7.94. The van der Waals surface area contributed by atoms with E-state index in [0.29, 0.717) is 11.4 Å². The van der Waals surface area contributed by atoms with E-state index in [9.17, 15) is 0 Å². The van der Waals surface area contributed by atoms with Gasteiger partial charge in [0.1, 0.15) is 5.82 Å². The van der Waals surface area contributed by atoms with Crippen molar-refractivity contribution in [1.29, 1.82) is 0 Å². The van der Waals surface area contributed by atoms with Crippen LogP contribution in [-0.4, -0.2) is 23.1 Å². The Kier molecular flexibility index (Phi) is 5.21. The summed E-state index contributed by atoms with van der Waals surface area (Å²) in [4.78, 5) is 8.71. The first-order valence-corrected chi connectivity index (χ1v) is 7.94. The molecular formula is C16H28N4. The highest BCUT2D eigenvalue weighted by atomic mass is 15.1. The number of hydrogen-bond acceptors (Lipinski definition) is 4. The van der Waals surface area contributed by atoms with Gasteiger partial charge in [-0.15, -0.1) is 0 Å². The summed E-state index contributed by atoms with van der Waals surface area (Å²) in [7, 11) is 0. The van der Waals surface area contributed by atoms with E-state index in [-0.39, 0.29) is 0 Å². The highest BCUT2D eigenvalue weighted by Crippen LogP contribution is 2.43. The Labute approximate surface area is 122 Å². The summed E-state index contributed by atoms with van der Waals surface area (Å²) in [5, 5.41) is 6.70. The van der Waals surface area contributed by atoms with Gasteiger partial charge in [-0.05, 0) is 43.6 Å². The molecular weight excluding hydrogens is 248 g/mol. The maximum atomic E-state index is 4.50. The third-order valence-corrected chi connectivity index (χ3v) is 4.14. The molecule has 1 aliphatic carbocycles. The zero-order valence-corrected chi connectivity index (χ0v) is 13.1. The third-order valence-electron chi connectivity index (χ3n) is 4.14. The molecule has 1 saturated carbocycles. The molecule has 1 aromatic heterocycles. The maximum absolute atomic E-state index is 4.50. The molecule has 2 N–H and O–H groups in total. The predicted molar refractivity (Wildman–Crippen MR) is 85.0 cm³/mol. The van der Waals surface area contributed by atoms with E-state index in [2.05, 4.69) is 41.4 Å². The Hall–Kier alpha value is -1.32. The summed E-state index contributed by atoms with van der Waals surface area (Å²) < 4.78 is 0. The number of aromatic nitrogens is 2. The monoisotopic (exact) mass is 276 g/mol. The molecule has 0 spiro atoms. The summed E-state index contributed by atoms with van der Waals surface area (Å²) in [5.74, 6) is 2.41. The van der Waals surface area contributed by atoms with E-state index < -0.39 is 0 Å². The van der Waals surface area contributed by atoms with Crippen molar-refractivity contribution < 1.29 is 0 Å². The van der Waals surface area contributed by atoms with Crippen molar-refractivity contribution in [2.24, 2.45) is 11.3 Å². The van der Waals surface area contributed by atoms with Crippen LogP contribution in [-0.2, 0) is 0 Å². The fourth-order valence-electron chi connectivity index (χ4n) is 3.42.